The Morgan fingerprint density at radius 2 is 1.92 bits per heavy atom. The van der Waals surface area contributed by atoms with E-state index in [1.807, 2.05) is 12.1 Å². The highest BCUT2D eigenvalue weighted by molar-refractivity contribution is 6.02. The Morgan fingerprint density at radius 3 is 2.48 bits per heavy atom. The zero-order chi connectivity index (χ0) is 18.6. The van der Waals surface area contributed by atoms with Crippen LogP contribution in [-0.2, 0) is 0 Å². The van der Waals surface area contributed by atoms with Crippen molar-refractivity contribution in [1.29, 1.82) is 10.5 Å². The van der Waals surface area contributed by atoms with E-state index in [1.54, 1.807) is 12.1 Å². The Morgan fingerprint density at radius 1 is 1.24 bits per heavy atom. The molecular weight excluding hydrogens is 322 g/mol. The molecule has 6 N–H and O–H groups in total. The van der Waals surface area contributed by atoms with Gasteiger partial charge in [-0.2, -0.15) is 20.5 Å². The molecule has 0 fully saturated rings. The van der Waals surface area contributed by atoms with Gasteiger partial charge in [0, 0.05) is 11.1 Å². The minimum atomic E-state index is -0.659. The predicted molar refractivity (Wildman–Crippen MR) is 90.2 cm³/mol. The third kappa shape index (κ3) is 3.30. The molecule has 0 radical (unpaired) electrons. The van der Waals surface area contributed by atoms with Crippen LogP contribution in [-0.4, -0.2) is 24.0 Å². The molecule has 0 aliphatic carbocycles. The smallest absolute Gasteiger partial charge is 0.280 e. The number of nitriles is 2. The summed E-state index contributed by atoms with van der Waals surface area (Å²) in [6, 6.07) is 10.00. The normalized spacial score (nSPS) is 9.56. The molecular formula is C16H13N7O2. The van der Waals surface area contributed by atoms with Gasteiger partial charge in [0.2, 0.25) is 5.88 Å². The highest BCUT2D eigenvalue weighted by Gasteiger charge is 2.21. The van der Waals surface area contributed by atoms with E-state index in [4.69, 9.17) is 21.9 Å². The maximum Gasteiger partial charge on any atom is 0.280 e. The molecule has 0 aliphatic rings. The fourth-order valence-electron chi connectivity index (χ4n) is 2.22. The summed E-state index contributed by atoms with van der Waals surface area (Å²) in [5.41, 5.74) is 17.0. The number of benzene rings is 1. The number of methoxy groups -OCH3 is 1. The zero-order valence-electron chi connectivity index (χ0n) is 13.1. The van der Waals surface area contributed by atoms with Crippen LogP contribution in [0, 0.1) is 22.7 Å². The SMILES string of the molecule is COc1nc(N)c(C#N)c(-c2cccc(C(=O)N=C(N)N)c2)c1C#N. The quantitative estimate of drug-likeness (QED) is 0.536. The van der Waals surface area contributed by atoms with Gasteiger partial charge in [-0.3, -0.25) is 4.79 Å². The van der Waals surface area contributed by atoms with E-state index in [9.17, 15) is 15.3 Å². The summed E-state index contributed by atoms with van der Waals surface area (Å²) in [7, 11) is 1.33. The number of guanidine groups is 1. The van der Waals surface area contributed by atoms with Crippen molar-refractivity contribution in [2.45, 2.75) is 0 Å². The van der Waals surface area contributed by atoms with E-state index in [0.29, 0.717) is 5.56 Å². The second-order valence-corrected chi connectivity index (χ2v) is 4.78. The van der Waals surface area contributed by atoms with Crippen LogP contribution in [0.15, 0.2) is 29.3 Å². The molecule has 1 aromatic heterocycles. The number of hydrogen-bond acceptors (Lipinski definition) is 6. The zero-order valence-corrected chi connectivity index (χ0v) is 13.1. The van der Waals surface area contributed by atoms with Crippen LogP contribution in [0.2, 0.25) is 0 Å². The van der Waals surface area contributed by atoms with Gasteiger partial charge in [0.25, 0.3) is 5.91 Å². The van der Waals surface area contributed by atoms with Gasteiger partial charge in [-0.1, -0.05) is 12.1 Å². The van der Waals surface area contributed by atoms with Gasteiger partial charge >= 0.3 is 0 Å². The Labute approximate surface area is 143 Å². The average molecular weight is 335 g/mol. The number of pyridine rings is 1. The second kappa shape index (κ2) is 6.98. The van der Waals surface area contributed by atoms with Gasteiger partial charge in [0.1, 0.15) is 29.1 Å². The van der Waals surface area contributed by atoms with Gasteiger partial charge in [0.15, 0.2) is 5.96 Å². The molecule has 124 valence electrons. The first-order valence-electron chi connectivity index (χ1n) is 6.85. The lowest BCUT2D eigenvalue weighted by molar-refractivity contribution is 0.100. The van der Waals surface area contributed by atoms with E-state index in [0.717, 1.165) is 0 Å². The van der Waals surface area contributed by atoms with Crippen molar-refractivity contribution in [2.24, 2.45) is 16.5 Å². The first-order chi connectivity index (χ1) is 11.9. The molecule has 25 heavy (non-hydrogen) atoms. The van der Waals surface area contributed by atoms with Gasteiger partial charge < -0.3 is 21.9 Å². The number of rotatable bonds is 3. The molecule has 1 heterocycles. The largest absolute Gasteiger partial charge is 0.480 e. The molecule has 9 heteroatoms. The summed E-state index contributed by atoms with van der Waals surface area (Å²) in [5, 5.41) is 18.9. The second-order valence-electron chi connectivity index (χ2n) is 4.78. The summed E-state index contributed by atoms with van der Waals surface area (Å²) in [6.07, 6.45) is 0. The highest BCUT2D eigenvalue weighted by Crippen LogP contribution is 2.35. The number of aliphatic imine (C=N–C) groups is 1. The van der Waals surface area contributed by atoms with Crippen molar-refractivity contribution in [3.63, 3.8) is 0 Å². The molecule has 2 rings (SSSR count). The summed E-state index contributed by atoms with van der Waals surface area (Å²) < 4.78 is 5.06. The Balaban J connectivity index is 2.77. The standard InChI is InChI=1S/C16H13N7O2/c1-25-15-11(7-18)12(10(6-17)13(19)22-15)8-3-2-4-9(5-8)14(24)23-16(20)21/h2-5H,1H3,(H2,19,22)(H4,20,21,23,24). The third-order valence-corrected chi connectivity index (χ3v) is 3.24. The predicted octanol–water partition coefficient (Wildman–Crippen LogP) is 0.496. The summed E-state index contributed by atoms with van der Waals surface area (Å²) in [4.78, 5) is 19.4. The van der Waals surface area contributed by atoms with E-state index in [1.165, 1.54) is 19.2 Å². The lowest BCUT2D eigenvalue weighted by Gasteiger charge is -2.12. The number of nitrogens with zero attached hydrogens (tertiary/aromatic N) is 4. The number of carbonyl (C=O) groups excluding carboxylic acids is 1. The van der Waals surface area contributed by atoms with Crippen molar-refractivity contribution >= 4 is 17.7 Å². The number of carbonyl (C=O) groups is 1. The molecule has 0 bridgehead atoms. The number of anilines is 1. The molecule has 0 unspecified atom stereocenters. The lowest BCUT2D eigenvalue weighted by Crippen LogP contribution is -2.24. The third-order valence-electron chi connectivity index (χ3n) is 3.24. The van der Waals surface area contributed by atoms with Crippen LogP contribution < -0.4 is 21.9 Å². The van der Waals surface area contributed by atoms with E-state index >= 15 is 0 Å². The van der Waals surface area contributed by atoms with Gasteiger partial charge in [-0.05, 0) is 17.7 Å². The van der Waals surface area contributed by atoms with Crippen LogP contribution >= 0.6 is 0 Å². The Bertz CT molecular complexity index is 964. The number of nitrogens with two attached hydrogens (primary N) is 3. The molecule has 0 saturated heterocycles. The Kier molecular flexibility index (Phi) is 4.81. The van der Waals surface area contributed by atoms with Crippen molar-refractivity contribution in [3.8, 4) is 29.1 Å². The molecule has 2 aromatic rings. The highest BCUT2D eigenvalue weighted by atomic mass is 16.5. The van der Waals surface area contributed by atoms with Crippen molar-refractivity contribution < 1.29 is 9.53 Å². The summed E-state index contributed by atoms with van der Waals surface area (Å²) in [5.74, 6) is -1.14. The minimum Gasteiger partial charge on any atom is -0.480 e. The number of hydrogen-bond donors (Lipinski definition) is 3. The van der Waals surface area contributed by atoms with Crippen molar-refractivity contribution in [1.82, 2.24) is 4.98 Å². The van der Waals surface area contributed by atoms with Crippen LogP contribution in [0.3, 0.4) is 0 Å². The average Bonchev–Trinajstić information content (AvgIpc) is 2.60. The van der Waals surface area contributed by atoms with Gasteiger partial charge in [-0.15, -0.1) is 0 Å². The maximum absolute atomic E-state index is 12.0. The molecule has 1 aromatic carbocycles. The van der Waals surface area contributed by atoms with Crippen LogP contribution in [0.5, 0.6) is 5.88 Å². The Hall–Kier alpha value is -4.11. The van der Waals surface area contributed by atoms with E-state index in [2.05, 4.69) is 9.98 Å². The van der Waals surface area contributed by atoms with Crippen LogP contribution in [0.25, 0.3) is 11.1 Å². The van der Waals surface area contributed by atoms with Crippen molar-refractivity contribution in [2.75, 3.05) is 12.8 Å². The van der Waals surface area contributed by atoms with Gasteiger partial charge in [0.05, 0.1) is 7.11 Å². The van der Waals surface area contributed by atoms with Crippen LogP contribution in [0.1, 0.15) is 21.5 Å². The topological polar surface area (TPSA) is 177 Å². The first kappa shape index (κ1) is 17.2. The van der Waals surface area contributed by atoms with Crippen LogP contribution in [0.4, 0.5) is 5.82 Å². The number of amides is 1. The molecule has 1 amide bonds. The fraction of sp³-hybridized carbons (Fsp3) is 0.0625. The first-order valence-corrected chi connectivity index (χ1v) is 6.85. The minimum absolute atomic E-state index is 0.00351. The van der Waals surface area contributed by atoms with Gasteiger partial charge in [-0.25, -0.2) is 0 Å². The molecule has 0 spiro atoms. The summed E-state index contributed by atoms with van der Waals surface area (Å²) >= 11 is 0. The summed E-state index contributed by atoms with van der Waals surface area (Å²) in [6.45, 7) is 0. The van der Waals surface area contributed by atoms with Crippen molar-refractivity contribution in [3.05, 3.63) is 41.0 Å². The number of aromatic nitrogens is 1. The maximum atomic E-state index is 12.0. The fourth-order valence-corrected chi connectivity index (χ4v) is 2.22. The van der Waals surface area contributed by atoms with E-state index < -0.39 is 5.91 Å². The monoisotopic (exact) mass is 335 g/mol. The number of nitrogen functional groups attached to an aromatic ring is 1. The van der Waals surface area contributed by atoms with E-state index in [-0.39, 0.29) is 39.9 Å². The molecule has 0 saturated carbocycles. The molecule has 0 atom stereocenters. The lowest BCUT2D eigenvalue weighted by atomic mass is 9.95. The molecule has 0 aliphatic heterocycles. The number of ether oxygens (including phenoxy) is 1. The molecule has 9 nitrogen and oxygen atoms in total.